The molecule has 0 N–H and O–H groups in total. The first-order valence-corrected chi connectivity index (χ1v) is 5.65. The van der Waals surface area contributed by atoms with Crippen LogP contribution in [-0.4, -0.2) is 18.0 Å². The molecule has 1 aromatic rings. The summed E-state index contributed by atoms with van der Waals surface area (Å²) in [5, 5.41) is 8.71. The number of hydrogen-bond acceptors (Lipinski definition) is 2. The van der Waals surface area contributed by atoms with E-state index in [0.717, 1.165) is 25.2 Å². The Morgan fingerprint density at radius 3 is 2.62 bits per heavy atom. The molecule has 0 aromatic heterocycles. The van der Waals surface area contributed by atoms with Crippen molar-refractivity contribution >= 4 is 0 Å². The minimum atomic E-state index is 0.734. The molecule has 2 heteroatoms. The third-order valence-electron chi connectivity index (χ3n) is 3.01. The van der Waals surface area contributed by atoms with Crippen molar-refractivity contribution in [2.45, 2.75) is 19.9 Å². The Kier molecular flexibility index (Phi) is 3.38. The minimum absolute atomic E-state index is 0.734. The Bertz CT molecular complexity index is 423. The summed E-state index contributed by atoms with van der Waals surface area (Å²) in [4.78, 5) is 2.42. The maximum Gasteiger partial charge on any atom is 0.0991 e. The minimum Gasteiger partial charge on any atom is -0.295 e. The van der Waals surface area contributed by atoms with Crippen molar-refractivity contribution in [3.8, 4) is 6.07 Å². The van der Waals surface area contributed by atoms with Crippen molar-refractivity contribution in [1.82, 2.24) is 4.90 Å². The van der Waals surface area contributed by atoms with E-state index in [2.05, 4.69) is 24.0 Å². The second kappa shape index (κ2) is 4.96. The van der Waals surface area contributed by atoms with Gasteiger partial charge in [0.15, 0.2) is 0 Å². The molecule has 0 amide bonds. The Hall–Kier alpha value is -1.59. The predicted molar refractivity (Wildman–Crippen MR) is 64.8 cm³/mol. The molecule has 0 aliphatic carbocycles. The van der Waals surface area contributed by atoms with Crippen LogP contribution in [0.4, 0.5) is 0 Å². The fourth-order valence-corrected chi connectivity index (χ4v) is 1.90. The first kappa shape index (κ1) is 10.9. The van der Waals surface area contributed by atoms with E-state index in [1.165, 1.54) is 17.6 Å². The molecular weight excluding hydrogens is 196 g/mol. The SMILES string of the molecule is CC1=CCN(Cc2ccc(C#N)cc2)CC1. The van der Waals surface area contributed by atoms with Gasteiger partial charge in [-0.25, -0.2) is 0 Å². The van der Waals surface area contributed by atoms with Crippen LogP contribution in [0.5, 0.6) is 0 Å². The summed E-state index contributed by atoms with van der Waals surface area (Å²) in [7, 11) is 0. The van der Waals surface area contributed by atoms with E-state index < -0.39 is 0 Å². The Balaban J connectivity index is 1.97. The highest BCUT2D eigenvalue weighted by atomic mass is 15.1. The fraction of sp³-hybridized carbons (Fsp3) is 0.357. The highest BCUT2D eigenvalue weighted by molar-refractivity contribution is 5.31. The zero-order valence-electron chi connectivity index (χ0n) is 9.61. The first-order valence-electron chi connectivity index (χ1n) is 5.65. The molecule has 0 radical (unpaired) electrons. The van der Waals surface area contributed by atoms with E-state index in [4.69, 9.17) is 5.26 Å². The largest absolute Gasteiger partial charge is 0.295 e. The highest BCUT2D eigenvalue weighted by Gasteiger charge is 2.09. The third kappa shape index (κ3) is 2.71. The van der Waals surface area contributed by atoms with Crippen molar-refractivity contribution < 1.29 is 0 Å². The molecule has 0 saturated carbocycles. The molecule has 1 heterocycles. The van der Waals surface area contributed by atoms with E-state index in [1.54, 1.807) is 0 Å². The van der Waals surface area contributed by atoms with Gasteiger partial charge in [-0.15, -0.1) is 0 Å². The summed E-state index contributed by atoms with van der Waals surface area (Å²) in [5.74, 6) is 0. The van der Waals surface area contributed by atoms with E-state index in [-0.39, 0.29) is 0 Å². The zero-order valence-corrected chi connectivity index (χ0v) is 9.61. The van der Waals surface area contributed by atoms with Crippen LogP contribution >= 0.6 is 0 Å². The smallest absolute Gasteiger partial charge is 0.0991 e. The third-order valence-corrected chi connectivity index (χ3v) is 3.01. The summed E-state index contributed by atoms with van der Waals surface area (Å²) >= 11 is 0. The van der Waals surface area contributed by atoms with E-state index in [9.17, 15) is 0 Å². The van der Waals surface area contributed by atoms with Gasteiger partial charge in [-0.2, -0.15) is 5.26 Å². The second-order valence-corrected chi connectivity index (χ2v) is 4.34. The molecule has 2 rings (SSSR count). The molecule has 1 aliphatic heterocycles. The lowest BCUT2D eigenvalue weighted by atomic mass is 10.1. The molecule has 2 nitrogen and oxygen atoms in total. The van der Waals surface area contributed by atoms with Crippen molar-refractivity contribution in [2.75, 3.05) is 13.1 Å². The molecule has 1 aromatic carbocycles. The lowest BCUT2D eigenvalue weighted by Gasteiger charge is -2.25. The van der Waals surface area contributed by atoms with Crippen molar-refractivity contribution in [3.63, 3.8) is 0 Å². The molecule has 0 saturated heterocycles. The van der Waals surface area contributed by atoms with Gasteiger partial charge >= 0.3 is 0 Å². The summed E-state index contributed by atoms with van der Waals surface area (Å²) in [6, 6.07) is 10.0. The van der Waals surface area contributed by atoms with Gasteiger partial charge in [-0.05, 0) is 31.0 Å². The molecule has 0 atom stereocenters. The van der Waals surface area contributed by atoms with Crippen LogP contribution in [0.15, 0.2) is 35.9 Å². The summed E-state index contributed by atoms with van der Waals surface area (Å²) in [5.41, 5.74) is 3.51. The van der Waals surface area contributed by atoms with Crippen molar-refractivity contribution in [1.29, 1.82) is 5.26 Å². The molecular formula is C14H16N2. The zero-order chi connectivity index (χ0) is 11.4. The highest BCUT2D eigenvalue weighted by Crippen LogP contribution is 2.13. The Morgan fingerprint density at radius 2 is 2.06 bits per heavy atom. The average Bonchev–Trinajstić information content (AvgIpc) is 2.33. The monoisotopic (exact) mass is 212 g/mol. The van der Waals surface area contributed by atoms with Crippen molar-refractivity contribution in [3.05, 3.63) is 47.0 Å². The molecule has 82 valence electrons. The molecule has 1 aliphatic rings. The van der Waals surface area contributed by atoms with Crippen LogP contribution in [0.2, 0.25) is 0 Å². The van der Waals surface area contributed by atoms with Crippen LogP contribution < -0.4 is 0 Å². The summed E-state index contributed by atoms with van der Waals surface area (Å²) in [6.07, 6.45) is 3.48. The van der Waals surface area contributed by atoms with Crippen molar-refractivity contribution in [2.24, 2.45) is 0 Å². The van der Waals surface area contributed by atoms with Crippen LogP contribution in [0.3, 0.4) is 0 Å². The van der Waals surface area contributed by atoms with Crippen LogP contribution in [0, 0.1) is 11.3 Å². The normalized spacial score (nSPS) is 16.6. The number of rotatable bonds is 2. The van der Waals surface area contributed by atoms with Gasteiger partial charge in [-0.3, -0.25) is 4.90 Å². The lowest BCUT2D eigenvalue weighted by Crippen LogP contribution is -2.27. The molecule has 0 spiro atoms. The van der Waals surface area contributed by atoms with Gasteiger partial charge < -0.3 is 0 Å². The van der Waals surface area contributed by atoms with Gasteiger partial charge in [0, 0.05) is 19.6 Å². The maximum atomic E-state index is 8.71. The standard InChI is InChI=1S/C14H16N2/c1-12-6-8-16(9-7-12)11-14-4-2-13(10-15)3-5-14/h2-6H,7-9,11H2,1H3. The van der Waals surface area contributed by atoms with E-state index in [0.29, 0.717) is 0 Å². The Morgan fingerprint density at radius 1 is 1.31 bits per heavy atom. The second-order valence-electron chi connectivity index (χ2n) is 4.34. The predicted octanol–water partition coefficient (Wildman–Crippen LogP) is 2.71. The number of nitrogens with zero attached hydrogens (tertiary/aromatic N) is 2. The Labute approximate surface area is 96.8 Å². The fourth-order valence-electron chi connectivity index (χ4n) is 1.90. The molecule has 0 unspecified atom stereocenters. The van der Waals surface area contributed by atoms with Crippen LogP contribution in [-0.2, 0) is 6.54 Å². The van der Waals surface area contributed by atoms with Gasteiger partial charge in [-0.1, -0.05) is 23.8 Å². The van der Waals surface area contributed by atoms with Gasteiger partial charge in [0.05, 0.1) is 11.6 Å². The number of nitriles is 1. The topological polar surface area (TPSA) is 27.0 Å². The van der Waals surface area contributed by atoms with Gasteiger partial charge in [0.1, 0.15) is 0 Å². The average molecular weight is 212 g/mol. The number of benzene rings is 1. The maximum absolute atomic E-state index is 8.71. The van der Waals surface area contributed by atoms with E-state index in [1.807, 2.05) is 24.3 Å². The van der Waals surface area contributed by atoms with Gasteiger partial charge in [0.25, 0.3) is 0 Å². The molecule has 0 bridgehead atoms. The first-order chi connectivity index (χ1) is 7.78. The quantitative estimate of drug-likeness (QED) is 0.705. The van der Waals surface area contributed by atoms with Crippen LogP contribution in [0.1, 0.15) is 24.5 Å². The summed E-state index contributed by atoms with van der Waals surface area (Å²) < 4.78 is 0. The molecule has 0 fully saturated rings. The lowest BCUT2D eigenvalue weighted by molar-refractivity contribution is 0.286. The van der Waals surface area contributed by atoms with Gasteiger partial charge in [0.2, 0.25) is 0 Å². The van der Waals surface area contributed by atoms with E-state index >= 15 is 0 Å². The van der Waals surface area contributed by atoms with Crippen LogP contribution in [0.25, 0.3) is 0 Å². The molecule has 16 heavy (non-hydrogen) atoms. The number of hydrogen-bond donors (Lipinski definition) is 0. The summed E-state index contributed by atoms with van der Waals surface area (Å²) in [6.45, 7) is 5.36.